The Kier molecular flexibility index (Phi) is 6.98. The SMILES string of the molecule is FC(F)(F)Oc1ccc(C(=CC[P+](c2ccccc2)(c2ccccc2)c2ccccc2)C2CC2)cc1. The lowest BCUT2D eigenvalue weighted by Gasteiger charge is -2.27. The quantitative estimate of drug-likeness (QED) is 0.228. The van der Waals surface area contributed by atoms with Crippen LogP contribution in [-0.2, 0) is 0 Å². The number of allylic oxidation sites excluding steroid dienone is 2. The summed E-state index contributed by atoms with van der Waals surface area (Å²) in [6.45, 7) is 0. The highest BCUT2D eigenvalue weighted by Crippen LogP contribution is 2.56. The van der Waals surface area contributed by atoms with Crippen molar-refractivity contribution in [2.24, 2.45) is 5.92 Å². The largest absolute Gasteiger partial charge is 0.573 e. The molecule has 0 radical (unpaired) electrons. The van der Waals surface area contributed by atoms with Gasteiger partial charge in [-0.15, -0.1) is 13.2 Å². The van der Waals surface area contributed by atoms with E-state index in [0.29, 0.717) is 5.92 Å². The van der Waals surface area contributed by atoms with E-state index in [2.05, 4.69) is 83.6 Å². The molecule has 1 fully saturated rings. The number of benzene rings is 4. The van der Waals surface area contributed by atoms with Crippen LogP contribution in [0.1, 0.15) is 18.4 Å². The zero-order chi connectivity index (χ0) is 25.0. The fourth-order valence-electron chi connectivity index (χ4n) is 4.81. The number of ether oxygens (including phenoxy) is 1. The smallest absolute Gasteiger partial charge is 0.406 e. The second kappa shape index (κ2) is 10.3. The molecule has 1 aliphatic carbocycles. The highest BCUT2D eigenvalue weighted by Gasteiger charge is 2.44. The molecule has 0 aromatic heterocycles. The zero-order valence-corrected chi connectivity index (χ0v) is 20.6. The Morgan fingerprint density at radius 2 is 1.14 bits per heavy atom. The van der Waals surface area contributed by atoms with Crippen LogP contribution in [0.5, 0.6) is 5.75 Å². The molecule has 0 aliphatic heterocycles. The van der Waals surface area contributed by atoms with Gasteiger partial charge in [-0.05, 0) is 84.5 Å². The second-order valence-electron chi connectivity index (χ2n) is 9.00. The molecule has 1 aliphatic rings. The summed E-state index contributed by atoms with van der Waals surface area (Å²) in [6.07, 6.45) is 0.678. The van der Waals surface area contributed by atoms with Gasteiger partial charge in [0.15, 0.2) is 0 Å². The van der Waals surface area contributed by atoms with E-state index in [1.165, 1.54) is 33.6 Å². The first-order valence-corrected chi connectivity index (χ1v) is 14.0. The molecular weight excluding hydrogens is 476 g/mol. The average molecular weight is 504 g/mol. The summed E-state index contributed by atoms with van der Waals surface area (Å²) >= 11 is 0. The average Bonchev–Trinajstić information content (AvgIpc) is 3.74. The number of hydrogen-bond acceptors (Lipinski definition) is 1. The Bertz CT molecular complexity index is 1200. The van der Waals surface area contributed by atoms with Crippen LogP contribution in [0.15, 0.2) is 121 Å². The van der Waals surface area contributed by atoms with Crippen molar-refractivity contribution < 1.29 is 17.9 Å². The summed E-state index contributed by atoms with van der Waals surface area (Å²) in [5.74, 6) is 0.240. The van der Waals surface area contributed by atoms with Crippen molar-refractivity contribution in [1.82, 2.24) is 0 Å². The van der Waals surface area contributed by atoms with Gasteiger partial charge in [0.05, 0.1) is 6.16 Å². The Morgan fingerprint density at radius 1 is 0.694 bits per heavy atom. The van der Waals surface area contributed by atoms with E-state index in [0.717, 1.165) is 24.6 Å². The summed E-state index contributed by atoms with van der Waals surface area (Å²) in [7, 11) is -2.03. The van der Waals surface area contributed by atoms with E-state index in [1.807, 2.05) is 18.2 Å². The van der Waals surface area contributed by atoms with Gasteiger partial charge in [-0.1, -0.05) is 66.7 Å². The minimum atomic E-state index is -4.69. The fraction of sp³-hybridized carbons (Fsp3) is 0.161. The molecule has 0 bridgehead atoms. The molecule has 1 nitrogen and oxygen atoms in total. The van der Waals surface area contributed by atoms with Gasteiger partial charge in [-0.25, -0.2) is 0 Å². The van der Waals surface area contributed by atoms with Crippen LogP contribution in [0.3, 0.4) is 0 Å². The Hall–Kier alpha value is -3.36. The third-order valence-corrected chi connectivity index (χ3v) is 10.9. The van der Waals surface area contributed by atoms with Crippen LogP contribution in [0.2, 0.25) is 0 Å². The van der Waals surface area contributed by atoms with E-state index < -0.39 is 13.6 Å². The summed E-state index contributed by atoms with van der Waals surface area (Å²) in [5.41, 5.74) is 2.17. The number of alkyl halides is 3. The maximum atomic E-state index is 12.6. The van der Waals surface area contributed by atoms with Crippen LogP contribution >= 0.6 is 7.26 Å². The first-order chi connectivity index (χ1) is 17.5. The van der Waals surface area contributed by atoms with Crippen LogP contribution in [-0.4, -0.2) is 12.5 Å². The number of halogens is 3. The first kappa shape index (κ1) is 24.3. The minimum absolute atomic E-state index is 0.193. The molecule has 0 saturated heterocycles. The first-order valence-electron chi connectivity index (χ1n) is 12.1. The van der Waals surface area contributed by atoms with Gasteiger partial charge in [0.1, 0.15) is 28.9 Å². The molecule has 1 saturated carbocycles. The maximum absolute atomic E-state index is 12.6. The molecule has 5 heteroatoms. The van der Waals surface area contributed by atoms with E-state index in [1.54, 1.807) is 12.1 Å². The van der Waals surface area contributed by atoms with Crippen LogP contribution < -0.4 is 20.7 Å². The molecule has 0 unspecified atom stereocenters. The molecule has 36 heavy (non-hydrogen) atoms. The van der Waals surface area contributed by atoms with Crippen molar-refractivity contribution in [3.05, 3.63) is 127 Å². The van der Waals surface area contributed by atoms with E-state index in [-0.39, 0.29) is 5.75 Å². The molecule has 0 amide bonds. The monoisotopic (exact) mass is 503 g/mol. The molecule has 0 atom stereocenters. The summed E-state index contributed by atoms with van der Waals surface area (Å²) in [6, 6.07) is 38.4. The highest BCUT2D eigenvalue weighted by molar-refractivity contribution is 7.95. The lowest BCUT2D eigenvalue weighted by Crippen LogP contribution is -2.33. The maximum Gasteiger partial charge on any atom is 0.573 e. The second-order valence-corrected chi connectivity index (χ2v) is 12.5. The van der Waals surface area contributed by atoms with Crippen LogP contribution in [0.4, 0.5) is 13.2 Å². The van der Waals surface area contributed by atoms with Crippen molar-refractivity contribution >= 4 is 28.7 Å². The van der Waals surface area contributed by atoms with Gasteiger partial charge in [-0.3, -0.25) is 0 Å². The van der Waals surface area contributed by atoms with E-state index >= 15 is 0 Å². The van der Waals surface area contributed by atoms with Crippen molar-refractivity contribution in [3.63, 3.8) is 0 Å². The molecule has 0 N–H and O–H groups in total. The predicted molar refractivity (Wildman–Crippen MR) is 144 cm³/mol. The van der Waals surface area contributed by atoms with Crippen LogP contribution in [0.25, 0.3) is 5.57 Å². The van der Waals surface area contributed by atoms with Gasteiger partial charge in [0.25, 0.3) is 0 Å². The summed E-state index contributed by atoms with van der Waals surface area (Å²) in [5, 5.41) is 3.92. The van der Waals surface area contributed by atoms with Crippen molar-refractivity contribution in [3.8, 4) is 5.75 Å². The molecule has 5 rings (SSSR count). The standard InChI is InChI=1S/C31H27F3OP/c32-31(33,34)35-26-20-18-25(19-21-26)30(24-16-17-24)22-23-36(27-10-4-1-5-11-27,28-12-6-2-7-13-28)29-14-8-3-9-15-29/h1-15,18-22,24H,16-17,23H2/q+1. The Labute approximate surface area is 210 Å². The summed E-state index contributed by atoms with van der Waals surface area (Å²) < 4.78 is 42.0. The fourth-order valence-corrected chi connectivity index (χ4v) is 8.85. The lowest BCUT2D eigenvalue weighted by molar-refractivity contribution is -0.274. The number of hydrogen-bond donors (Lipinski definition) is 0. The molecular formula is C31H27F3OP+. The van der Waals surface area contributed by atoms with E-state index in [9.17, 15) is 13.2 Å². The van der Waals surface area contributed by atoms with Gasteiger partial charge in [-0.2, -0.15) is 0 Å². The van der Waals surface area contributed by atoms with Gasteiger partial charge in [0.2, 0.25) is 0 Å². The molecule has 4 aromatic rings. The third-order valence-electron chi connectivity index (χ3n) is 6.61. The van der Waals surface area contributed by atoms with Crippen molar-refractivity contribution in [2.75, 3.05) is 6.16 Å². The zero-order valence-electron chi connectivity index (χ0n) is 19.7. The van der Waals surface area contributed by atoms with Gasteiger partial charge >= 0.3 is 6.36 Å². The predicted octanol–water partition coefficient (Wildman–Crippen LogP) is 7.37. The molecule has 0 spiro atoms. The topological polar surface area (TPSA) is 9.23 Å². The number of rotatable bonds is 8. The molecule has 182 valence electrons. The van der Waals surface area contributed by atoms with Crippen LogP contribution in [0, 0.1) is 5.92 Å². The normalized spacial score (nSPS) is 14.5. The highest BCUT2D eigenvalue weighted by atomic mass is 31.2. The third kappa shape index (κ3) is 5.39. The summed E-state index contributed by atoms with van der Waals surface area (Å²) in [4.78, 5) is 0. The van der Waals surface area contributed by atoms with Gasteiger partial charge in [0, 0.05) is 0 Å². The molecule has 0 heterocycles. The van der Waals surface area contributed by atoms with Gasteiger partial charge < -0.3 is 4.74 Å². The van der Waals surface area contributed by atoms with Crippen molar-refractivity contribution in [2.45, 2.75) is 19.2 Å². The molecule has 4 aromatic carbocycles. The Balaban J connectivity index is 1.60. The minimum Gasteiger partial charge on any atom is -0.406 e. The van der Waals surface area contributed by atoms with E-state index in [4.69, 9.17) is 0 Å². The lowest BCUT2D eigenvalue weighted by atomic mass is 10.0. The van der Waals surface area contributed by atoms with Crippen molar-refractivity contribution in [1.29, 1.82) is 0 Å². The Morgan fingerprint density at radius 3 is 1.53 bits per heavy atom.